The molecule has 2 aromatic rings. The first kappa shape index (κ1) is 9.67. The van der Waals surface area contributed by atoms with Crippen LogP contribution in [-0.2, 0) is 4.84 Å². The molecule has 0 aliphatic heterocycles. The summed E-state index contributed by atoms with van der Waals surface area (Å²) in [6, 6.07) is 7.47. The second kappa shape index (κ2) is 3.70. The van der Waals surface area contributed by atoms with Crippen molar-refractivity contribution in [1.82, 2.24) is 15.0 Å². The van der Waals surface area contributed by atoms with Crippen LogP contribution in [0.15, 0.2) is 24.3 Å². The standard InChI is InChI=1S/C10H11N3O2/c1-13(15-2)10(14)9-11-7-5-3-4-6-8(7)12-9/h3-6H,1-2H3,(H,11,12). The van der Waals surface area contributed by atoms with Crippen molar-refractivity contribution in [3.63, 3.8) is 0 Å². The number of hydrogen-bond acceptors (Lipinski definition) is 3. The highest BCUT2D eigenvalue weighted by Gasteiger charge is 2.15. The predicted molar refractivity (Wildman–Crippen MR) is 55.2 cm³/mol. The van der Waals surface area contributed by atoms with E-state index < -0.39 is 0 Å². The Labute approximate surface area is 86.6 Å². The molecule has 0 spiro atoms. The third-order valence-corrected chi connectivity index (χ3v) is 2.15. The van der Waals surface area contributed by atoms with Gasteiger partial charge >= 0.3 is 5.91 Å². The summed E-state index contributed by atoms with van der Waals surface area (Å²) in [6.07, 6.45) is 0. The van der Waals surface area contributed by atoms with Gasteiger partial charge in [-0.15, -0.1) is 0 Å². The number of hydroxylamine groups is 2. The molecule has 0 unspecified atom stereocenters. The van der Waals surface area contributed by atoms with E-state index in [9.17, 15) is 4.79 Å². The van der Waals surface area contributed by atoms with E-state index in [2.05, 4.69) is 9.97 Å². The summed E-state index contributed by atoms with van der Waals surface area (Å²) < 4.78 is 0. The van der Waals surface area contributed by atoms with Crippen molar-refractivity contribution >= 4 is 16.9 Å². The van der Waals surface area contributed by atoms with E-state index in [0.29, 0.717) is 0 Å². The van der Waals surface area contributed by atoms with Gasteiger partial charge in [-0.2, -0.15) is 0 Å². The monoisotopic (exact) mass is 205 g/mol. The van der Waals surface area contributed by atoms with Gasteiger partial charge in [-0.25, -0.2) is 10.0 Å². The zero-order chi connectivity index (χ0) is 10.8. The molecule has 5 heteroatoms. The van der Waals surface area contributed by atoms with Gasteiger partial charge in [0.2, 0.25) is 0 Å². The lowest BCUT2D eigenvalue weighted by Gasteiger charge is -2.10. The molecule has 1 amide bonds. The smallest absolute Gasteiger partial charge is 0.312 e. The molecule has 1 N–H and O–H groups in total. The second-order valence-electron chi connectivity index (χ2n) is 3.09. The van der Waals surface area contributed by atoms with Crippen LogP contribution in [0.2, 0.25) is 0 Å². The van der Waals surface area contributed by atoms with E-state index >= 15 is 0 Å². The van der Waals surface area contributed by atoms with Gasteiger partial charge in [0, 0.05) is 7.05 Å². The Morgan fingerprint density at radius 2 is 2.20 bits per heavy atom. The van der Waals surface area contributed by atoms with Crippen molar-refractivity contribution in [2.75, 3.05) is 14.2 Å². The Hall–Kier alpha value is -1.88. The highest BCUT2D eigenvalue weighted by atomic mass is 16.7. The topological polar surface area (TPSA) is 58.2 Å². The van der Waals surface area contributed by atoms with Crippen molar-refractivity contribution in [3.8, 4) is 0 Å². The average molecular weight is 205 g/mol. The number of fused-ring (bicyclic) bond motifs is 1. The third-order valence-electron chi connectivity index (χ3n) is 2.15. The van der Waals surface area contributed by atoms with Crippen LogP contribution in [0.25, 0.3) is 11.0 Å². The summed E-state index contributed by atoms with van der Waals surface area (Å²) in [7, 11) is 2.97. The zero-order valence-electron chi connectivity index (χ0n) is 8.52. The minimum Gasteiger partial charge on any atom is -0.334 e. The summed E-state index contributed by atoms with van der Waals surface area (Å²) in [5.74, 6) is -0.0192. The summed E-state index contributed by atoms with van der Waals surface area (Å²) in [4.78, 5) is 23.5. The van der Waals surface area contributed by atoms with Gasteiger partial charge in [-0.1, -0.05) is 12.1 Å². The molecule has 0 aliphatic carbocycles. The number of carbonyl (C=O) groups excluding carboxylic acids is 1. The molecule has 5 nitrogen and oxygen atoms in total. The quantitative estimate of drug-likeness (QED) is 0.749. The van der Waals surface area contributed by atoms with Crippen molar-refractivity contribution in [1.29, 1.82) is 0 Å². The highest BCUT2D eigenvalue weighted by molar-refractivity contribution is 5.93. The summed E-state index contributed by atoms with van der Waals surface area (Å²) in [5, 5.41) is 1.12. The fourth-order valence-electron chi connectivity index (χ4n) is 1.29. The summed E-state index contributed by atoms with van der Waals surface area (Å²) in [6.45, 7) is 0. The maximum Gasteiger partial charge on any atom is 0.312 e. The fourth-order valence-corrected chi connectivity index (χ4v) is 1.29. The maximum atomic E-state index is 11.7. The number of amides is 1. The molecule has 2 rings (SSSR count). The van der Waals surface area contributed by atoms with E-state index in [1.807, 2.05) is 24.3 Å². The van der Waals surface area contributed by atoms with Gasteiger partial charge < -0.3 is 4.98 Å². The number of benzene rings is 1. The van der Waals surface area contributed by atoms with E-state index in [4.69, 9.17) is 4.84 Å². The first-order valence-electron chi connectivity index (χ1n) is 4.49. The van der Waals surface area contributed by atoms with Gasteiger partial charge in [0.15, 0.2) is 5.82 Å². The molecule has 0 radical (unpaired) electrons. The molecule has 15 heavy (non-hydrogen) atoms. The molecule has 0 aliphatic rings. The molecule has 1 aromatic carbocycles. The van der Waals surface area contributed by atoms with Crippen molar-refractivity contribution < 1.29 is 9.63 Å². The SMILES string of the molecule is CON(C)C(=O)c1nc2ccccc2[nH]1. The number of aromatic nitrogens is 2. The Morgan fingerprint density at radius 3 is 2.87 bits per heavy atom. The lowest BCUT2D eigenvalue weighted by Crippen LogP contribution is -2.26. The Morgan fingerprint density at radius 1 is 1.47 bits per heavy atom. The Bertz CT molecular complexity index is 459. The first-order chi connectivity index (χ1) is 7.22. The molecule has 78 valence electrons. The molecule has 1 heterocycles. The lowest BCUT2D eigenvalue weighted by molar-refractivity contribution is -0.0763. The van der Waals surface area contributed by atoms with E-state index in [-0.39, 0.29) is 11.7 Å². The predicted octanol–water partition coefficient (Wildman–Crippen LogP) is 1.20. The number of nitrogens with one attached hydrogen (secondary N) is 1. The van der Waals surface area contributed by atoms with Crippen LogP contribution in [0.1, 0.15) is 10.6 Å². The largest absolute Gasteiger partial charge is 0.334 e. The lowest BCUT2D eigenvalue weighted by atomic mass is 10.3. The molecule has 0 atom stereocenters. The van der Waals surface area contributed by atoms with Gasteiger partial charge in [0.25, 0.3) is 0 Å². The molecular formula is C10H11N3O2. The van der Waals surface area contributed by atoms with Gasteiger partial charge in [-0.05, 0) is 12.1 Å². The van der Waals surface area contributed by atoms with Crippen LogP contribution in [0.4, 0.5) is 0 Å². The van der Waals surface area contributed by atoms with E-state index in [0.717, 1.165) is 16.1 Å². The van der Waals surface area contributed by atoms with Gasteiger partial charge in [-0.3, -0.25) is 9.63 Å². The van der Waals surface area contributed by atoms with Crippen molar-refractivity contribution in [3.05, 3.63) is 30.1 Å². The summed E-state index contributed by atoms with van der Waals surface area (Å²) >= 11 is 0. The van der Waals surface area contributed by atoms with E-state index in [1.165, 1.54) is 14.2 Å². The summed E-state index contributed by atoms with van der Waals surface area (Å²) in [5.41, 5.74) is 1.61. The van der Waals surface area contributed by atoms with E-state index in [1.54, 1.807) is 0 Å². The second-order valence-corrected chi connectivity index (χ2v) is 3.09. The van der Waals surface area contributed by atoms with Gasteiger partial charge in [0.1, 0.15) is 0 Å². The van der Waals surface area contributed by atoms with Crippen molar-refractivity contribution in [2.24, 2.45) is 0 Å². The van der Waals surface area contributed by atoms with Crippen LogP contribution in [0, 0.1) is 0 Å². The van der Waals surface area contributed by atoms with Crippen LogP contribution in [-0.4, -0.2) is 35.1 Å². The number of hydrogen-bond donors (Lipinski definition) is 1. The van der Waals surface area contributed by atoms with Crippen molar-refractivity contribution in [2.45, 2.75) is 0 Å². The fraction of sp³-hybridized carbons (Fsp3) is 0.200. The Balaban J connectivity index is 2.41. The van der Waals surface area contributed by atoms with Crippen LogP contribution in [0.3, 0.4) is 0 Å². The molecule has 0 saturated heterocycles. The van der Waals surface area contributed by atoms with Crippen LogP contribution >= 0.6 is 0 Å². The maximum absolute atomic E-state index is 11.7. The third kappa shape index (κ3) is 1.69. The number of carbonyl (C=O) groups is 1. The van der Waals surface area contributed by atoms with Gasteiger partial charge in [0.05, 0.1) is 18.1 Å². The molecular weight excluding hydrogens is 194 g/mol. The number of aromatic amines is 1. The average Bonchev–Trinajstić information content (AvgIpc) is 2.70. The number of nitrogens with zero attached hydrogens (tertiary/aromatic N) is 2. The number of imidazole rings is 1. The van der Waals surface area contributed by atoms with Crippen LogP contribution in [0.5, 0.6) is 0 Å². The normalized spacial score (nSPS) is 10.5. The number of rotatable bonds is 2. The number of para-hydroxylation sites is 2. The minimum atomic E-state index is -0.298. The molecule has 0 saturated carbocycles. The molecule has 1 aromatic heterocycles. The Kier molecular flexibility index (Phi) is 2.39. The highest BCUT2D eigenvalue weighted by Crippen LogP contribution is 2.11. The minimum absolute atomic E-state index is 0.278. The molecule has 0 fully saturated rings. The van der Waals surface area contributed by atoms with Crippen LogP contribution < -0.4 is 0 Å². The molecule has 0 bridgehead atoms. The first-order valence-corrected chi connectivity index (χ1v) is 4.49. The number of H-pyrrole nitrogens is 1. The zero-order valence-corrected chi connectivity index (χ0v) is 8.52.